The van der Waals surface area contributed by atoms with E-state index < -0.39 is 15.9 Å². The third-order valence-corrected chi connectivity index (χ3v) is 5.57. The maximum Gasteiger partial charge on any atom is 0.243 e. The Labute approximate surface area is 153 Å². The molecule has 0 radical (unpaired) electrons. The van der Waals surface area contributed by atoms with E-state index >= 15 is 0 Å². The van der Waals surface area contributed by atoms with Crippen molar-refractivity contribution in [3.8, 4) is 11.5 Å². The number of carbonyl (C=O) groups is 1. The van der Waals surface area contributed by atoms with Crippen LogP contribution in [-0.2, 0) is 21.4 Å². The minimum absolute atomic E-state index is 0.148. The zero-order valence-electron chi connectivity index (χ0n) is 14.9. The summed E-state index contributed by atoms with van der Waals surface area (Å²) in [5.74, 6) is 0.751. The molecule has 2 aromatic carbocycles. The van der Waals surface area contributed by atoms with Crippen LogP contribution in [0.1, 0.15) is 5.56 Å². The Morgan fingerprint density at radius 1 is 1.04 bits per heavy atom. The van der Waals surface area contributed by atoms with Gasteiger partial charge in [-0.1, -0.05) is 24.3 Å². The van der Waals surface area contributed by atoms with Gasteiger partial charge in [0.25, 0.3) is 0 Å². The second-order valence-corrected chi connectivity index (χ2v) is 7.59. The van der Waals surface area contributed by atoms with Crippen LogP contribution < -0.4 is 14.8 Å². The summed E-state index contributed by atoms with van der Waals surface area (Å²) in [6.45, 7) is -0.0249. The molecule has 140 valence electrons. The summed E-state index contributed by atoms with van der Waals surface area (Å²) >= 11 is 0. The molecule has 1 N–H and O–H groups in total. The molecular formula is C18H22N2O5S. The number of nitrogens with zero attached hydrogens (tertiary/aromatic N) is 1. The van der Waals surface area contributed by atoms with Gasteiger partial charge in [0.1, 0.15) is 0 Å². The fraction of sp³-hybridized carbons (Fsp3) is 0.278. The SMILES string of the molecule is COc1ccc(CNC(=O)CN(C)S(=O)(=O)c2ccccc2)cc1OC. The highest BCUT2D eigenvalue weighted by atomic mass is 32.2. The van der Waals surface area contributed by atoms with Gasteiger partial charge in [-0.05, 0) is 29.8 Å². The quantitative estimate of drug-likeness (QED) is 0.755. The Bertz CT molecular complexity index is 853. The van der Waals surface area contributed by atoms with Crippen LogP contribution in [0.5, 0.6) is 11.5 Å². The molecule has 2 aromatic rings. The predicted octanol–water partition coefficient (Wildman–Crippen LogP) is 1.64. The molecule has 0 heterocycles. The van der Waals surface area contributed by atoms with Gasteiger partial charge in [0.15, 0.2) is 11.5 Å². The molecule has 0 unspecified atom stereocenters. The number of sulfonamides is 1. The lowest BCUT2D eigenvalue weighted by Crippen LogP contribution is -2.38. The van der Waals surface area contributed by atoms with E-state index in [9.17, 15) is 13.2 Å². The molecule has 0 aliphatic rings. The molecule has 0 fully saturated rings. The second kappa shape index (κ2) is 8.68. The Morgan fingerprint density at radius 2 is 1.69 bits per heavy atom. The molecule has 0 aromatic heterocycles. The first-order valence-corrected chi connectivity index (χ1v) is 9.31. The number of likely N-dealkylation sites (N-methyl/N-ethyl adjacent to an activating group) is 1. The molecule has 1 amide bonds. The number of carbonyl (C=O) groups excluding carboxylic acids is 1. The van der Waals surface area contributed by atoms with Crippen molar-refractivity contribution in [3.05, 3.63) is 54.1 Å². The monoisotopic (exact) mass is 378 g/mol. The van der Waals surface area contributed by atoms with Crippen LogP contribution in [0.15, 0.2) is 53.4 Å². The van der Waals surface area contributed by atoms with Gasteiger partial charge >= 0.3 is 0 Å². The van der Waals surface area contributed by atoms with Crippen LogP contribution in [-0.4, -0.2) is 46.4 Å². The van der Waals surface area contributed by atoms with Crippen LogP contribution >= 0.6 is 0 Å². The molecule has 0 spiro atoms. The van der Waals surface area contributed by atoms with Crippen LogP contribution in [0, 0.1) is 0 Å². The molecule has 0 saturated carbocycles. The lowest BCUT2D eigenvalue weighted by molar-refractivity contribution is -0.121. The predicted molar refractivity (Wildman–Crippen MR) is 97.7 cm³/mol. The van der Waals surface area contributed by atoms with E-state index in [0.717, 1.165) is 9.87 Å². The first kappa shape index (κ1) is 19.7. The number of nitrogens with one attached hydrogen (secondary N) is 1. The number of amides is 1. The molecule has 0 bridgehead atoms. The number of ether oxygens (including phenoxy) is 2. The summed E-state index contributed by atoms with van der Waals surface area (Å²) in [5.41, 5.74) is 0.810. The van der Waals surface area contributed by atoms with Gasteiger partial charge in [0.05, 0.1) is 25.7 Å². The largest absolute Gasteiger partial charge is 0.493 e. The molecule has 0 aliphatic carbocycles. The first-order valence-electron chi connectivity index (χ1n) is 7.87. The van der Waals surface area contributed by atoms with Crippen molar-refractivity contribution in [1.82, 2.24) is 9.62 Å². The van der Waals surface area contributed by atoms with E-state index in [1.807, 2.05) is 0 Å². The summed E-state index contributed by atoms with van der Waals surface area (Å²) in [6.07, 6.45) is 0. The highest BCUT2D eigenvalue weighted by Gasteiger charge is 2.22. The van der Waals surface area contributed by atoms with Gasteiger partial charge in [-0.3, -0.25) is 4.79 Å². The van der Waals surface area contributed by atoms with Gasteiger partial charge in [-0.2, -0.15) is 4.31 Å². The Kier molecular flexibility index (Phi) is 6.59. The molecule has 0 aliphatic heterocycles. The minimum Gasteiger partial charge on any atom is -0.493 e. The van der Waals surface area contributed by atoms with Crippen molar-refractivity contribution in [2.45, 2.75) is 11.4 Å². The molecule has 26 heavy (non-hydrogen) atoms. The topological polar surface area (TPSA) is 84.9 Å². The third-order valence-electron chi connectivity index (χ3n) is 3.76. The van der Waals surface area contributed by atoms with Crippen molar-refractivity contribution in [2.75, 3.05) is 27.8 Å². The second-order valence-electron chi connectivity index (χ2n) is 5.54. The van der Waals surface area contributed by atoms with Crippen LogP contribution in [0.4, 0.5) is 0 Å². The molecule has 0 saturated heterocycles. The number of hydrogen-bond acceptors (Lipinski definition) is 5. The highest BCUT2D eigenvalue weighted by Crippen LogP contribution is 2.27. The average Bonchev–Trinajstić information content (AvgIpc) is 2.66. The van der Waals surface area contributed by atoms with Gasteiger partial charge in [0.2, 0.25) is 15.9 Å². The van der Waals surface area contributed by atoms with E-state index in [1.54, 1.807) is 43.5 Å². The molecule has 7 nitrogen and oxygen atoms in total. The zero-order valence-corrected chi connectivity index (χ0v) is 15.7. The van der Waals surface area contributed by atoms with Crippen LogP contribution in [0.3, 0.4) is 0 Å². The maximum absolute atomic E-state index is 12.4. The molecule has 0 atom stereocenters. The van der Waals surface area contributed by atoms with E-state index in [2.05, 4.69) is 5.32 Å². The number of hydrogen-bond donors (Lipinski definition) is 1. The zero-order chi connectivity index (χ0) is 19.2. The van der Waals surface area contributed by atoms with E-state index in [4.69, 9.17) is 9.47 Å². The minimum atomic E-state index is -3.70. The van der Waals surface area contributed by atoms with Gasteiger partial charge < -0.3 is 14.8 Å². The summed E-state index contributed by atoms with van der Waals surface area (Å²) in [6, 6.07) is 13.3. The Morgan fingerprint density at radius 3 is 2.31 bits per heavy atom. The summed E-state index contributed by atoms with van der Waals surface area (Å²) in [4.78, 5) is 12.3. The maximum atomic E-state index is 12.4. The van der Waals surface area contributed by atoms with Gasteiger partial charge in [-0.15, -0.1) is 0 Å². The average molecular weight is 378 g/mol. The molecular weight excluding hydrogens is 356 g/mol. The van der Waals surface area contributed by atoms with Crippen molar-refractivity contribution < 1.29 is 22.7 Å². The fourth-order valence-corrected chi connectivity index (χ4v) is 3.45. The molecule has 8 heteroatoms. The lowest BCUT2D eigenvalue weighted by atomic mass is 10.2. The van der Waals surface area contributed by atoms with Crippen molar-refractivity contribution in [3.63, 3.8) is 0 Å². The van der Waals surface area contributed by atoms with E-state index in [1.165, 1.54) is 26.3 Å². The Hall–Kier alpha value is -2.58. The van der Waals surface area contributed by atoms with Crippen LogP contribution in [0.2, 0.25) is 0 Å². The highest BCUT2D eigenvalue weighted by molar-refractivity contribution is 7.89. The fourth-order valence-electron chi connectivity index (χ4n) is 2.31. The summed E-state index contributed by atoms with van der Waals surface area (Å²) in [5, 5.41) is 2.70. The van der Waals surface area contributed by atoms with Crippen molar-refractivity contribution >= 4 is 15.9 Å². The number of methoxy groups -OCH3 is 2. The molecule has 2 rings (SSSR count). The summed E-state index contributed by atoms with van der Waals surface area (Å²) < 4.78 is 36.2. The van der Waals surface area contributed by atoms with Crippen LogP contribution in [0.25, 0.3) is 0 Å². The number of rotatable bonds is 8. The Balaban J connectivity index is 1.96. The van der Waals surface area contributed by atoms with Gasteiger partial charge in [-0.25, -0.2) is 8.42 Å². The lowest BCUT2D eigenvalue weighted by Gasteiger charge is -2.17. The van der Waals surface area contributed by atoms with Crippen molar-refractivity contribution in [2.24, 2.45) is 0 Å². The third kappa shape index (κ3) is 4.74. The smallest absolute Gasteiger partial charge is 0.243 e. The number of benzene rings is 2. The first-order chi connectivity index (χ1) is 12.4. The van der Waals surface area contributed by atoms with Crippen molar-refractivity contribution in [1.29, 1.82) is 0 Å². The standard InChI is InChI=1S/C18H22N2O5S/c1-20(26(22,23)15-7-5-4-6-8-15)13-18(21)19-12-14-9-10-16(24-2)17(11-14)25-3/h4-11H,12-13H2,1-3H3,(H,19,21). The van der Waals surface area contributed by atoms with E-state index in [-0.39, 0.29) is 18.0 Å². The van der Waals surface area contributed by atoms with Gasteiger partial charge in [0, 0.05) is 13.6 Å². The summed E-state index contributed by atoms with van der Waals surface area (Å²) in [7, 11) is 0.748. The normalized spacial score (nSPS) is 11.2. The van der Waals surface area contributed by atoms with E-state index in [0.29, 0.717) is 11.5 Å².